The third-order valence-electron chi connectivity index (χ3n) is 3.40. The Hall–Kier alpha value is -1.80. The summed E-state index contributed by atoms with van der Waals surface area (Å²) in [4.78, 5) is 0. The van der Waals surface area contributed by atoms with Crippen molar-refractivity contribution in [2.45, 2.75) is 13.8 Å². The molecule has 0 radical (unpaired) electrons. The van der Waals surface area contributed by atoms with Gasteiger partial charge in [-0.3, -0.25) is 0 Å². The number of hydrogen-bond acceptors (Lipinski definition) is 2. The van der Waals surface area contributed by atoms with Crippen molar-refractivity contribution in [1.82, 2.24) is 0 Å². The molecule has 100 valence electrons. The predicted molar refractivity (Wildman–Crippen MR) is 80.4 cm³/mol. The van der Waals surface area contributed by atoms with Crippen LogP contribution in [0.4, 0.5) is 0 Å². The van der Waals surface area contributed by atoms with Crippen LogP contribution in [0.15, 0.2) is 42.0 Å². The number of aliphatic hydroxyl groups excluding tert-OH is 1. The largest absolute Gasteiger partial charge is 0.496 e. The molecule has 2 heteroatoms. The Kier molecular flexibility index (Phi) is 4.23. The summed E-state index contributed by atoms with van der Waals surface area (Å²) in [5.41, 5.74) is 2.05. The third-order valence-corrected chi connectivity index (χ3v) is 3.40. The number of hydrogen-bond donors (Lipinski definition) is 1. The molecule has 0 spiro atoms. The fourth-order valence-corrected chi connectivity index (χ4v) is 2.18. The lowest BCUT2D eigenvalue weighted by Crippen LogP contribution is -2.00. The van der Waals surface area contributed by atoms with Crippen molar-refractivity contribution in [2.24, 2.45) is 5.92 Å². The normalized spacial score (nSPS) is 12.2. The topological polar surface area (TPSA) is 29.5 Å². The highest BCUT2D eigenvalue weighted by Crippen LogP contribution is 2.30. The van der Waals surface area contributed by atoms with Gasteiger partial charge in [-0.2, -0.15) is 0 Å². The first kappa shape index (κ1) is 13.6. The maximum atomic E-state index is 9.48. The summed E-state index contributed by atoms with van der Waals surface area (Å²) < 4.78 is 5.45. The molecule has 0 aromatic heterocycles. The van der Waals surface area contributed by atoms with Gasteiger partial charge in [0.25, 0.3) is 0 Å². The monoisotopic (exact) mass is 256 g/mol. The molecule has 0 saturated carbocycles. The van der Waals surface area contributed by atoms with Crippen molar-refractivity contribution < 1.29 is 9.84 Å². The van der Waals surface area contributed by atoms with Gasteiger partial charge in [0.2, 0.25) is 0 Å². The van der Waals surface area contributed by atoms with Crippen LogP contribution >= 0.6 is 0 Å². The van der Waals surface area contributed by atoms with E-state index in [0.717, 1.165) is 22.3 Å². The molecular formula is C17H20O2. The lowest BCUT2D eigenvalue weighted by molar-refractivity contribution is 0.320. The summed E-state index contributed by atoms with van der Waals surface area (Å²) in [6.07, 6.45) is 2.05. The average Bonchev–Trinajstić information content (AvgIpc) is 2.44. The van der Waals surface area contributed by atoms with E-state index >= 15 is 0 Å². The van der Waals surface area contributed by atoms with Gasteiger partial charge in [0.15, 0.2) is 0 Å². The van der Waals surface area contributed by atoms with Gasteiger partial charge in [-0.25, -0.2) is 0 Å². The minimum absolute atomic E-state index is 0.0735. The number of aliphatic hydroxyl groups is 1. The number of methoxy groups -OCH3 is 1. The second-order valence-electron chi connectivity index (χ2n) is 4.93. The molecule has 0 saturated heterocycles. The molecule has 0 aliphatic carbocycles. The number of fused-ring (bicyclic) bond motifs is 1. The maximum Gasteiger partial charge on any atom is 0.126 e. The summed E-state index contributed by atoms with van der Waals surface area (Å²) >= 11 is 0. The zero-order valence-corrected chi connectivity index (χ0v) is 11.7. The van der Waals surface area contributed by atoms with E-state index in [1.54, 1.807) is 7.11 Å². The fraction of sp³-hybridized carbons (Fsp3) is 0.294. The van der Waals surface area contributed by atoms with Gasteiger partial charge in [0, 0.05) is 5.56 Å². The molecule has 2 rings (SSSR count). The van der Waals surface area contributed by atoms with Gasteiger partial charge >= 0.3 is 0 Å². The fourth-order valence-electron chi connectivity index (χ4n) is 2.18. The molecule has 0 aliphatic rings. The average molecular weight is 256 g/mol. The zero-order valence-electron chi connectivity index (χ0n) is 11.7. The molecule has 0 unspecified atom stereocenters. The maximum absolute atomic E-state index is 9.48. The van der Waals surface area contributed by atoms with E-state index in [2.05, 4.69) is 32.0 Å². The number of ether oxygens (including phenoxy) is 1. The van der Waals surface area contributed by atoms with Crippen LogP contribution in [0, 0.1) is 5.92 Å². The molecule has 0 fully saturated rings. The molecule has 2 aromatic rings. The van der Waals surface area contributed by atoms with E-state index in [4.69, 9.17) is 4.74 Å². The molecule has 0 amide bonds. The third kappa shape index (κ3) is 2.79. The van der Waals surface area contributed by atoms with Gasteiger partial charge in [-0.05, 0) is 34.4 Å². The van der Waals surface area contributed by atoms with Gasteiger partial charge in [0.05, 0.1) is 13.7 Å². The van der Waals surface area contributed by atoms with Crippen LogP contribution in [0.1, 0.15) is 19.4 Å². The predicted octanol–water partition coefficient (Wildman–Crippen LogP) is 3.88. The Labute approximate surface area is 114 Å². The first-order chi connectivity index (χ1) is 9.17. The van der Waals surface area contributed by atoms with Crippen molar-refractivity contribution in [3.63, 3.8) is 0 Å². The highest BCUT2D eigenvalue weighted by molar-refractivity contribution is 5.93. The van der Waals surface area contributed by atoms with Crippen LogP contribution in [-0.2, 0) is 0 Å². The number of rotatable bonds is 4. The molecule has 2 aromatic carbocycles. The van der Waals surface area contributed by atoms with E-state index in [1.807, 2.05) is 24.3 Å². The van der Waals surface area contributed by atoms with Crippen LogP contribution in [0.3, 0.4) is 0 Å². The van der Waals surface area contributed by atoms with Gasteiger partial charge in [0.1, 0.15) is 5.75 Å². The van der Waals surface area contributed by atoms with E-state index in [-0.39, 0.29) is 6.61 Å². The first-order valence-corrected chi connectivity index (χ1v) is 6.54. The van der Waals surface area contributed by atoms with Crippen LogP contribution in [0.2, 0.25) is 0 Å². The van der Waals surface area contributed by atoms with Gasteiger partial charge in [-0.1, -0.05) is 44.2 Å². The zero-order chi connectivity index (χ0) is 13.8. The smallest absolute Gasteiger partial charge is 0.126 e. The summed E-state index contributed by atoms with van der Waals surface area (Å²) in [6.45, 7) is 4.24. The second-order valence-corrected chi connectivity index (χ2v) is 4.93. The highest BCUT2D eigenvalue weighted by Gasteiger charge is 2.09. The van der Waals surface area contributed by atoms with E-state index in [9.17, 15) is 5.11 Å². The molecule has 0 aliphatic heterocycles. The van der Waals surface area contributed by atoms with Gasteiger partial charge < -0.3 is 9.84 Å². The van der Waals surface area contributed by atoms with Crippen molar-refractivity contribution in [3.05, 3.63) is 47.5 Å². The molecule has 0 atom stereocenters. The lowest BCUT2D eigenvalue weighted by atomic mass is 9.97. The highest BCUT2D eigenvalue weighted by atomic mass is 16.5. The van der Waals surface area contributed by atoms with E-state index < -0.39 is 0 Å². The Balaban J connectivity index is 2.68. The molecule has 0 bridgehead atoms. The van der Waals surface area contributed by atoms with Crippen LogP contribution in [0.25, 0.3) is 16.8 Å². The van der Waals surface area contributed by atoms with Crippen LogP contribution in [-0.4, -0.2) is 18.8 Å². The van der Waals surface area contributed by atoms with Crippen LogP contribution < -0.4 is 4.74 Å². The second kappa shape index (κ2) is 5.89. The van der Waals surface area contributed by atoms with Crippen LogP contribution in [0.5, 0.6) is 5.75 Å². The minimum atomic E-state index is 0.0735. The Morgan fingerprint density at radius 1 is 1.21 bits per heavy atom. The standard InChI is InChI=1S/C17H20O2/c1-12(2)14(11-18)10-16-15-7-5-4-6-13(15)8-9-17(16)19-3/h4-10,12,18H,11H2,1-3H3. The van der Waals surface area contributed by atoms with Crippen molar-refractivity contribution in [1.29, 1.82) is 0 Å². The quantitative estimate of drug-likeness (QED) is 0.899. The van der Waals surface area contributed by atoms with Crippen molar-refractivity contribution in [3.8, 4) is 5.75 Å². The summed E-state index contributed by atoms with van der Waals surface area (Å²) in [5, 5.41) is 11.8. The summed E-state index contributed by atoms with van der Waals surface area (Å²) in [5.74, 6) is 1.15. The summed E-state index contributed by atoms with van der Waals surface area (Å²) in [6, 6.07) is 12.2. The SMILES string of the molecule is COc1ccc2ccccc2c1C=C(CO)C(C)C. The Bertz CT molecular complexity index is 597. The summed E-state index contributed by atoms with van der Waals surface area (Å²) in [7, 11) is 1.68. The lowest BCUT2D eigenvalue weighted by Gasteiger charge is -2.13. The molecule has 1 N–H and O–H groups in total. The molecule has 2 nitrogen and oxygen atoms in total. The van der Waals surface area contributed by atoms with Crippen molar-refractivity contribution in [2.75, 3.05) is 13.7 Å². The Morgan fingerprint density at radius 3 is 2.58 bits per heavy atom. The molecule has 0 heterocycles. The first-order valence-electron chi connectivity index (χ1n) is 6.54. The molecular weight excluding hydrogens is 236 g/mol. The number of benzene rings is 2. The molecule has 19 heavy (non-hydrogen) atoms. The Morgan fingerprint density at radius 2 is 1.95 bits per heavy atom. The van der Waals surface area contributed by atoms with E-state index in [0.29, 0.717) is 5.92 Å². The van der Waals surface area contributed by atoms with Gasteiger partial charge in [-0.15, -0.1) is 0 Å². The van der Waals surface area contributed by atoms with Crippen molar-refractivity contribution >= 4 is 16.8 Å². The van der Waals surface area contributed by atoms with E-state index in [1.165, 1.54) is 5.39 Å². The minimum Gasteiger partial charge on any atom is -0.496 e.